The minimum Gasteiger partial charge on any atom is -0.236 e. The standard InChI is InChI=1S/C53H32N4/c1-3-17-33(18-4-1)46-31-47(34-19-5-2-6-20-34)56-52(55-46)49-40-26-9-7-24-38(40)48(39-25-8-10-27-41(39)49)51-54-32-42-37-23-13-16-30-45(37)53(50(42)57-51)43-28-14-11-21-35(43)36-22-12-15-29-44(36)53/h1-32H. The van der Waals surface area contributed by atoms with E-state index < -0.39 is 5.41 Å². The van der Waals surface area contributed by atoms with E-state index in [9.17, 15) is 0 Å². The van der Waals surface area contributed by atoms with Crippen molar-refractivity contribution in [3.63, 3.8) is 0 Å². The van der Waals surface area contributed by atoms with Crippen LogP contribution in [0.25, 0.3) is 89.1 Å². The molecule has 4 heteroatoms. The molecule has 0 bridgehead atoms. The normalized spacial score (nSPS) is 13.1. The molecule has 12 rings (SSSR count). The lowest BCUT2D eigenvalue weighted by Crippen LogP contribution is -2.27. The van der Waals surface area contributed by atoms with Gasteiger partial charge in [-0.1, -0.05) is 182 Å². The fourth-order valence-electron chi connectivity index (χ4n) is 9.62. The smallest absolute Gasteiger partial charge is 0.161 e. The molecule has 10 aromatic rings. The summed E-state index contributed by atoms with van der Waals surface area (Å²) in [5.41, 5.74) is 14.8. The number of rotatable bonds is 4. The maximum absolute atomic E-state index is 5.74. The van der Waals surface area contributed by atoms with Crippen molar-refractivity contribution < 1.29 is 0 Å². The first-order valence-electron chi connectivity index (χ1n) is 19.4. The maximum atomic E-state index is 5.74. The van der Waals surface area contributed by atoms with Gasteiger partial charge in [0, 0.05) is 34.0 Å². The third-order valence-electron chi connectivity index (χ3n) is 12.0. The van der Waals surface area contributed by atoms with Crippen LogP contribution in [0, 0.1) is 0 Å². The molecule has 0 saturated carbocycles. The number of hydrogen-bond donors (Lipinski definition) is 0. The minimum absolute atomic E-state index is 0.568. The van der Waals surface area contributed by atoms with Gasteiger partial charge in [0.15, 0.2) is 11.6 Å². The van der Waals surface area contributed by atoms with Gasteiger partial charge < -0.3 is 0 Å². The van der Waals surface area contributed by atoms with E-state index >= 15 is 0 Å². The van der Waals surface area contributed by atoms with Crippen molar-refractivity contribution in [2.45, 2.75) is 5.41 Å². The van der Waals surface area contributed by atoms with Crippen molar-refractivity contribution in [3.05, 3.63) is 217 Å². The van der Waals surface area contributed by atoms with Gasteiger partial charge in [0.1, 0.15) is 0 Å². The van der Waals surface area contributed by atoms with Crippen LogP contribution in [0.4, 0.5) is 0 Å². The molecule has 0 unspecified atom stereocenters. The molecule has 0 saturated heterocycles. The van der Waals surface area contributed by atoms with E-state index in [1.165, 1.54) is 33.4 Å². The second-order valence-electron chi connectivity index (χ2n) is 14.9. The second kappa shape index (κ2) is 12.2. The SMILES string of the molecule is c1ccc(-c2cc(-c3ccccc3)nc(-c3c4ccccc4c(-c4ncc5c(n4)C4(c6ccccc6-c6ccccc64)c4ccccc4-5)c4ccccc34)n2)cc1. The fourth-order valence-corrected chi connectivity index (χ4v) is 9.62. The predicted molar refractivity (Wildman–Crippen MR) is 231 cm³/mol. The van der Waals surface area contributed by atoms with E-state index in [0.29, 0.717) is 11.6 Å². The van der Waals surface area contributed by atoms with Crippen LogP contribution < -0.4 is 0 Å². The molecule has 0 atom stereocenters. The van der Waals surface area contributed by atoms with E-state index in [1.807, 2.05) is 12.1 Å². The highest BCUT2D eigenvalue weighted by atomic mass is 14.9. The molecule has 57 heavy (non-hydrogen) atoms. The quantitative estimate of drug-likeness (QED) is 0.170. The lowest BCUT2D eigenvalue weighted by Gasteiger charge is -2.29. The summed E-state index contributed by atoms with van der Waals surface area (Å²) < 4.78 is 0. The summed E-state index contributed by atoms with van der Waals surface area (Å²) in [6.45, 7) is 0. The van der Waals surface area contributed by atoms with Crippen molar-refractivity contribution >= 4 is 21.5 Å². The second-order valence-corrected chi connectivity index (χ2v) is 14.9. The van der Waals surface area contributed by atoms with Crippen LogP contribution in [0.1, 0.15) is 22.4 Å². The number of benzene rings is 8. The number of nitrogens with zero attached hydrogens (tertiary/aromatic N) is 4. The van der Waals surface area contributed by atoms with Gasteiger partial charge in [-0.3, -0.25) is 0 Å². The summed E-state index contributed by atoms with van der Waals surface area (Å²) in [6.07, 6.45) is 2.06. The van der Waals surface area contributed by atoms with Crippen LogP contribution in [0.5, 0.6) is 0 Å². The number of hydrogen-bond acceptors (Lipinski definition) is 4. The number of aromatic nitrogens is 4. The average molecular weight is 725 g/mol. The molecule has 264 valence electrons. The van der Waals surface area contributed by atoms with Gasteiger partial charge in [0.25, 0.3) is 0 Å². The van der Waals surface area contributed by atoms with E-state index in [4.69, 9.17) is 19.9 Å². The summed E-state index contributed by atoms with van der Waals surface area (Å²) in [5.74, 6) is 1.38. The lowest BCUT2D eigenvalue weighted by molar-refractivity contribution is 0.758. The fraction of sp³-hybridized carbons (Fsp3) is 0.0189. The summed E-state index contributed by atoms with van der Waals surface area (Å²) in [6, 6.07) is 66.5. The van der Waals surface area contributed by atoms with E-state index in [0.717, 1.165) is 66.4 Å². The van der Waals surface area contributed by atoms with Crippen LogP contribution >= 0.6 is 0 Å². The Labute approximate surface area is 329 Å². The predicted octanol–water partition coefficient (Wildman–Crippen LogP) is 12.6. The van der Waals surface area contributed by atoms with E-state index in [2.05, 4.69) is 182 Å². The summed E-state index contributed by atoms with van der Waals surface area (Å²) in [5, 5.41) is 4.21. The first kappa shape index (κ1) is 31.8. The van der Waals surface area contributed by atoms with Crippen LogP contribution in [0.3, 0.4) is 0 Å². The highest BCUT2D eigenvalue weighted by Gasteiger charge is 2.53. The Hall–Kier alpha value is -7.56. The minimum atomic E-state index is -0.568. The van der Waals surface area contributed by atoms with Gasteiger partial charge in [0.05, 0.1) is 22.5 Å². The maximum Gasteiger partial charge on any atom is 0.161 e. The Bertz CT molecular complexity index is 3070. The Morgan fingerprint density at radius 3 is 1.19 bits per heavy atom. The van der Waals surface area contributed by atoms with Crippen molar-refractivity contribution in [1.82, 2.24) is 19.9 Å². The molecule has 2 aliphatic carbocycles. The topological polar surface area (TPSA) is 51.6 Å². The zero-order valence-electron chi connectivity index (χ0n) is 30.8. The van der Waals surface area contributed by atoms with Gasteiger partial charge in [-0.25, -0.2) is 19.9 Å². The monoisotopic (exact) mass is 724 g/mol. The van der Waals surface area contributed by atoms with E-state index in [1.54, 1.807) is 0 Å². The number of fused-ring (bicyclic) bond motifs is 12. The van der Waals surface area contributed by atoms with Gasteiger partial charge in [-0.05, 0) is 61.0 Å². The molecular formula is C53H32N4. The van der Waals surface area contributed by atoms with Gasteiger partial charge in [-0.2, -0.15) is 0 Å². The molecule has 8 aromatic carbocycles. The molecular weight excluding hydrogens is 693 g/mol. The summed E-state index contributed by atoms with van der Waals surface area (Å²) in [4.78, 5) is 21.6. The van der Waals surface area contributed by atoms with Crippen molar-refractivity contribution in [2.24, 2.45) is 0 Å². The van der Waals surface area contributed by atoms with Crippen LogP contribution in [0.15, 0.2) is 194 Å². The van der Waals surface area contributed by atoms with Gasteiger partial charge in [-0.15, -0.1) is 0 Å². The van der Waals surface area contributed by atoms with Gasteiger partial charge >= 0.3 is 0 Å². The van der Waals surface area contributed by atoms with Crippen LogP contribution in [-0.2, 0) is 5.41 Å². The third kappa shape index (κ3) is 4.50. The lowest BCUT2D eigenvalue weighted by atomic mass is 9.72. The highest BCUT2D eigenvalue weighted by molar-refractivity contribution is 6.20. The molecule has 1 spiro atoms. The van der Waals surface area contributed by atoms with Gasteiger partial charge in [0.2, 0.25) is 0 Å². The average Bonchev–Trinajstić information content (AvgIpc) is 3.75. The molecule has 0 amide bonds. The molecule has 0 fully saturated rings. The highest BCUT2D eigenvalue weighted by Crippen LogP contribution is 2.62. The first-order valence-corrected chi connectivity index (χ1v) is 19.4. The largest absolute Gasteiger partial charge is 0.236 e. The Morgan fingerprint density at radius 2 is 0.719 bits per heavy atom. The Morgan fingerprint density at radius 1 is 0.333 bits per heavy atom. The summed E-state index contributed by atoms with van der Waals surface area (Å²) in [7, 11) is 0. The zero-order valence-corrected chi connectivity index (χ0v) is 30.8. The molecule has 0 N–H and O–H groups in total. The molecule has 2 aliphatic rings. The van der Waals surface area contributed by atoms with Crippen molar-refractivity contribution in [3.8, 4) is 67.5 Å². The van der Waals surface area contributed by atoms with Crippen LogP contribution in [-0.4, -0.2) is 19.9 Å². The zero-order chi connectivity index (χ0) is 37.5. The molecule has 0 aliphatic heterocycles. The Balaban J connectivity index is 1.15. The first-order chi connectivity index (χ1) is 28.3. The molecule has 4 nitrogen and oxygen atoms in total. The molecule has 0 radical (unpaired) electrons. The molecule has 2 aromatic heterocycles. The Kier molecular flexibility index (Phi) is 6.81. The third-order valence-corrected chi connectivity index (χ3v) is 12.0. The van der Waals surface area contributed by atoms with E-state index in [-0.39, 0.29) is 0 Å². The van der Waals surface area contributed by atoms with Crippen molar-refractivity contribution in [2.75, 3.05) is 0 Å². The van der Waals surface area contributed by atoms with Crippen molar-refractivity contribution in [1.29, 1.82) is 0 Å². The summed E-state index contributed by atoms with van der Waals surface area (Å²) >= 11 is 0. The molecule has 2 heterocycles. The van der Waals surface area contributed by atoms with Crippen LogP contribution in [0.2, 0.25) is 0 Å².